The van der Waals surface area contributed by atoms with Gasteiger partial charge in [-0.3, -0.25) is 0 Å². The van der Waals surface area contributed by atoms with Gasteiger partial charge in [-0.2, -0.15) is 0 Å². The number of aryl methyl sites for hydroxylation is 1. The van der Waals surface area contributed by atoms with Crippen LogP contribution in [0.25, 0.3) is 0 Å². The number of benzene rings is 1. The van der Waals surface area contributed by atoms with Crippen molar-refractivity contribution in [2.75, 3.05) is 0 Å². The predicted molar refractivity (Wildman–Crippen MR) is 65.4 cm³/mol. The van der Waals surface area contributed by atoms with Crippen LogP contribution in [0.5, 0.6) is 0 Å². The molecule has 0 aliphatic rings. The first-order valence-corrected chi connectivity index (χ1v) is 5.91. The minimum Gasteiger partial charge on any atom is -0.248 e. The Morgan fingerprint density at radius 3 is 2.33 bits per heavy atom. The van der Waals surface area contributed by atoms with E-state index in [0.29, 0.717) is 0 Å². The largest absolute Gasteiger partial charge is 0.248 e. The Morgan fingerprint density at radius 2 is 1.80 bits per heavy atom. The number of rotatable bonds is 2. The summed E-state index contributed by atoms with van der Waals surface area (Å²) in [5.74, 6) is 0. The van der Waals surface area contributed by atoms with Crippen molar-refractivity contribution < 1.29 is 0 Å². The van der Waals surface area contributed by atoms with Crippen LogP contribution in [0.4, 0.5) is 0 Å². The molecular weight excluding hydrogens is 202 g/mol. The molecule has 0 atom stereocenters. The van der Waals surface area contributed by atoms with Gasteiger partial charge < -0.3 is 0 Å². The van der Waals surface area contributed by atoms with Crippen LogP contribution < -0.4 is 0 Å². The van der Waals surface area contributed by atoms with Crippen molar-refractivity contribution in [3.63, 3.8) is 0 Å². The third-order valence-electron chi connectivity index (χ3n) is 2.65. The molecule has 0 saturated heterocycles. The molecule has 2 aromatic rings. The Hall–Kier alpha value is -1.15. The Labute approximate surface area is 94.8 Å². The molecule has 0 radical (unpaired) electrons. The van der Waals surface area contributed by atoms with Crippen molar-refractivity contribution in [3.05, 3.63) is 52.0 Å². The van der Waals surface area contributed by atoms with Crippen molar-refractivity contribution in [2.45, 2.75) is 26.2 Å². The molecule has 2 heteroatoms. The number of nitrogens with zero attached hydrogens (tertiary/aromatic N) is 1. The van der Waals surface area contributed by atoms with Crippen LogP contribution in [0, 0.1) is 6.92 Å². The van der Waals surface area contributed by atoms with Crippen molar-refractivity contribution in [1.29, 1.82) is 0 Å². The summed E-state index contributed by atoms with van der Waals surface area (Å²) in [6, 6.07) is 10.5. The zero-order chi connectivity index (χ0) is 10.9. The molecule has 78 valence electrons. The fraction of sp³-hybridized carbons (Fsp3) is 0.308. The molecule has 2 rings (SSSR count). The smallest absolute Gasteiger partial charge is 0.103 e. The maximum Gasteiger partial charge on any atom is 0.103 e. The van der Waals surface area contributed by atoms with Gasteiger partial charge in [0, 0.05) is 16.5 Å². The van der Waals surface area contributed by atoms with Gasteiger partial charge in [0.15, 0.2) is 0 Å². The van der Waals surface area contributed by atoms with Gasteiger partial charge in [0.05, 0.1) is 0 Å². The van der Waals surface area contributed by atoms with Crippen LogP contribution in [0.15, 0.2) is 36.5 Å². The molecule has 1 aromatic carbocycles. The molecule has 15 heavy (non-hydrogen) atoms. The Balaban J connectivity index is 2.43. The van der Waals surface area contributed by atoms with Gasteiger partial charge in [-0.1, -0.05) is 30.3 Å². The second kappa shape index (κ2) is 3.78. The first-order valence-electron chi connectivity index (χ1n) is 5.09. The highest BCUT2D eigenvalue weighted by atomic mass is 32.1. The second-order valence-electron chi connectivity index (χ2n) is 4.27. The average molecular weight is 217 g/mol. The minimum absolute atomic E-state index is 0.0141. The van der Waals surface area contributed by atoms with E-state index in [1.807, 2.05) is 12.3 Å². The summed E-state index contributed by atoms with van der Waals surface area (Å²) in [5, 5.41) is 1.19. The van der Waals surface area contributed by atoms with Gasteiger partial charge in [0.25, 0.3) is 0 Å². The number of aromatic nitrogens is 1. The quantitative estimate of drug-likeness (QED) is 0.746. The summed E-state index contributed by atoms with van der Waals surface area (Å²) in [6.45, 7) is 6.55. The summed E-state index contributed by atoms with van der Waals surface area (Å²) in [5.41, 5.74) is 1.33. The van der Waals surface area contributed by atoms with Gasteiger partial charge in [-0.25, -0.2) is 4.98 Å². The maximum atomic E-state index is 4.48. The van der Waals surface area contributed by atoms with Crippen molar-refractivity contribution in [1.82, 2.24) is 4.98 Å². The molecule has 0 saturated carbocycles. The average Bonchev–Trinajstić information content (AvgIpc) is 2.67. The monoisotopic (exact) mass is 217 g/mol. The molecule has 1 heterocycles. The zero-order valence-corrected chi connectivity index (χ0v) is 10.1. The number of thiazole rings is 1. The third-order valence-corrected chi connectivity index (χ3v) is 3.89. The van der Waals surface area contributed by atoms with E-state index in [9.17, 15) is 0 Å². The van der Waals surface area contributed by atoms with E-state index < -0.39 is 0 Å². The molecule has 0 bridgehead atoms. The fourth-order valence-corrected chi connectivity index (χ4v) is 2.51. The van der Waals surface area contributed by atoms with Crippen molar-refractivity contribution in [2.24, 2.45) is 0 Å². The predicted octanol–water partition coefficient (Wildman–Crippen LogP) is 3.78. The maximum absolute atomic E-state index is 4.48. The van der Waals surface area contributed by atoms with Gasteiger partial charge >= 0.3 is 0 Å². The standard InChI is InChI=1S/C13H15NS/c1-10-9-14-12(15-10)13(2,3)11-7-5-4-6-8-11/h4-9H,1-3H3. The number of hydrogen-bond acceptors (Lipinski definition) is 2. The molecule has 0 amide bonds. The molecule has 0 unspecified atom stereocenters. The van der Waals surface area contributed by atoms with E-state index in [1.54, 1.807) is 11.3 Å². The van der Waals surface area contributed by atoms with E-state index in [0.717, 1.165) is 0 Å². The number of hydrogen-bond donors (Lipinski definition) is 0. The van der Waals surface area contributed by atoms with Crippen LogP contribution in [0.3, 0.4) is 0 Å². The van der Waals surface area contributed by atoms with E-state index >= 15 is 0 Å². The summed E-state index contributed by atoms with van der Waals surface area (Å²) >= 11 is 1.78. The van der Waals surface area contributed by atoms with Gasteiger partial charge in [0.2, 0.25) is 0 Å². The summed E-state index contributed by atoms with van der Waals surface area (Å²) < 4.78 is 0. The SMILES string of the molecule is Cc1cnc(C(C)(C)c2ccccc2)s1. The van der Waals surface area contributed by atoms with E-state index in [4.69, 9.17) is 0 Å². The molecule has 1 nitrogen and oxygen atoms in total. The minimum atomic E-state index is 0.0141. The lowest BCUT2D eigenvalue weighted by Gasteiger charge is -2.22. The molecule has 0 aliphatic carbocycles. The first kappa shape index (κ1) is 10.4. The Bertz CT molecular complexity index is 443. The Kier molecular flexibility index (Phi) is 2.61. The Morgan fingerprint density at radius 1 is 1.13 bits per heavy atom. The molecule has 1 aromatic heterocycles. The third kappa shape index (κ3) is 1.95. The van der Waals surface area contributed by atoms with E-state index in [2.05, 4.69) is 50.0 Å². The first-order chi connectivity index (χ1) is 7.10. The highest BCUT2D eigenvalue weighted by molar-refractivity contribution is 7.11. The lowest BCUT2D eigenvalue weighted by Crippen LogP contribution is -2.18. The lowest BCUT2D eigenvalue weighted by atomic mass is 9.85. The van der Waals surface area contributed by atoms with Gasteiger partial charge in [-0.15, -0.1) is 11.3 Å². The zero-order valence-electron chi connectivity index (χ0n) is 9.32. The molecule has 0 fully saturated rings. The molecule has 0 spiro atoms. The van der Waals surface area contributed by atoms with Crippen LogP contribution in [0.2, 0.25) is 0 Å². The second-order valence-corrected chi connectivity index (χ2v) is 5.50. The van der Waals surface area contributed by atoms with Crippen molar-refractivity contribution in [3.8, 4) is 0 Å². The molecule has 0 aliphatic heterocycles. The highest BCUT2D eigenvalue weighted by Gasteiger charge is 2.25. The fourth-order valence-electron chi connectivity index (χ4n) is 1.62. The van der Waals surface area contributed by atoms with E-state index in [1.165, 1.54) is 15.4 Å². The summed E-state index contributed by atoms with van der Waals surface area (Å²) in [7, 11) is 0. The van der Waals surface area contributed by atoms with Crippen LogP contribution in [0.1, 0.15) is 29.3 Å². The topological polar surface area (TPSA) is 12.9 Å². The molecular formula is C13H15NS. The normalized spacial score (nSPS) is 11.7. The summed E-state index contributed by atoms with van der Waals surface area (Å²) in [6.07, 6.45) is 1.95. The summed E-state index contributed by atoms with van der Waals surface area (Å²) in [4.78, 5) is 5.75. The van der Waals surface area contributed by atoms with Gasteiger partial charge in [-0.05, 0) is 26.3 Å². The van der Waals surface area contributed by atoms with E-state index in [-0.39, 0.29) is 5.41 Å². The van der Waals surface area contributed by atoms with Gasteiger partial charge in [0.1, 0.15) is 5.01 Å². The highest BCUT2D eigenvalue weighted by Crippen LogP contribution is 2.33. The molecule has 0 N–H and O–H groups in total. The van der Waals surface area contributed by atoms with Crippen molar-refractivity contribution >= 4 is 11.3 Å². The van der Waals surface area contributed by atoms with Crippen LogP contribution in [-0.2, 0) is 5.41 Å². The lowest BCUT2D eigenvalue weighted by molar-refractivity contribution is 0.635. The van der Waals surface area contributed by atoms with Crippen LogP contribution in [-0.4, -0.2) is 4.98 Å². The van der Waals surface area contributed by atoms with Crippen LogP contribution >= 0.6 is 11.3 Å².